The summed E-state index contributed by atoms with van der Waals surface area (Å²) >= 11 is 0. The number of hydrogen-bond acceptors (Lipinski definition) is 4. The Labute approximate surface area is 171 Å². The predicted octanol–water partition coefficient (Wildman–Crippen LogP) is 3.69. The highest BCUT2D eigenvalue weighted by atomic mass is 16.5. The number of hydrogen-bond donors (Lipinski definition) is 0. The van der Waals surface area contributed by atoms with Gasteiger partial charge >= 0.3 is 0 Å². The van der Waals surface area contributed by atoms with Crippen LogP contribution in [0.1, 0.15) is 41.0 Å². The molecule has 5 heteroatoms. The molecule has 1 aliphatic rings. The van der Waals surface area contributed by atoms with Gasteiger partial charge in [-0.1, -0.05) is 65.8 Å². The number of fused-ring (bicyclic) bond motifs is 1. The maximum Gasteiger partial charge on any atom is 0.239 e. The molecule has 4 rings (SSSR count). The van der Waals surface area contributed by atoms with Gasteiger partial charge in [-0.3, -0.25) is 9.69 Å². The standard InChI is InChI=1S/C24H27N3O2/c1-17(24(28)26(2)3)27-15-14-21-20(16-27)23(25-29-21)22(18-10-6-4-7-11-18)19-12-8-5-9-13-19/h4-13,17,22H,14-16H2,1-3H3/t17-/m1/s1. The molecule has 0 spiro atoms. The topological polar surface area (TPSA) is 49.6 Å². The number of likely N-dealkylation sites (N-methyl/N-ethyl adjacent to an activating group) is 1. The van der Waals surface area contributed by atoms with E-state index in [0.717, 1.165) is 30.0 Å². The van der Waals surface area contributed by atoms with E-state index in [-0.39, 0.29) is 17.9 Å². The van der Waals surface area contributed by atoms with Crippen molar-refractivity contribution in [2.24, 2.45) is 0 Å². The maximum atomic E-state index is 12.5. The Hall–Kier alpha value is -2.92. The van der Waals surface area contributed by atoms with E-state index in [1.165, 1.54) is 11.1 Å². The Balaban J connectivity index is 1.72. The van der Waals surface area contributed by atoms with Gasteiger partial charge < -0.3 is 9.42 Å². The average molecular weight is 389 g/mol. The Morgan fingerprint density at radius 3 is 2.17 bits per heavy atom. The molecule has 1 atom stereocenters. The molecule has 29 heavy (non-hydrogen) atoms. The van der Waals surface area contributed by atoms with Gasteiger partial charge in [-0.25, -0.2) is 0 Å². The summed E-state index contributed by atoms with van der Waals surface area (Å²) in [4.78, 5) is 16.4. The number of carbonyl (C=O) groups is 1. The van der Waals surface area contributed by atoms with Gasteiger partial charge in [0, 0.05) is 39.2 Å². The molecule has 1 aromatic heterocycles. The molecular weight excluding hydrogens is 362 g/mol. The van der Waals surface area contributed by atoms with E-state index in [1.54, 1.807) is 19.0 Å². The number of amides is 1. The first-order chi connectivity index (χ1) is 14.1. The lowest BCUT2D eigenvalue weighted by atomic mass is 9.85. The highest BCUT2D eigenvalue weighted by Crippen LogP contribution is 2.36. The summed E-state index contributed by atoms with van der Waals surface area (Å²) in [5.74, 6) is 1.07. The summed E-state index contributed by atoms with van der Waals surface area (Å²) in [5, 5.41) is 4.53. The predicted molar refractivity (Wildman–Crippen MR) is 113 cm³/mol. The third-order valence-corrected chi connectivity index (χ3v) is 5.77. The summed E-state index contributed by atoms with van der Waals surface area (Å²) in [6.45, 7) is 3.45. The molecule has 0 aliphatic carbocycles. The summed E-state index contributed by atoms with van der Waals surface area (Å²) in [6, 6.07) is 20.7. The van der Waals surface area contributed by atoms with Gasteiger partial charge in [0.1, 0.15) is 11.5 Å². The van der Waals surface area contributed by atoms with Gasteiger partial charge in [0.25, 0.3) is 0 Å². The molecule has 3 aromatic rings. The van der Waals surface area contributed by atoms with Gasteiger partial charge in [-0.05, 0) is 18.1 Å². The minimum atomic E-state index is -0.173. The Morgan fingerprint density at radius 1 is 1.03 bits per heavy atom. The van der Waals surface area contributed by atoms with E-state index in [2.05, 4.69) is 58.6 Å². The molecule has 5 nitrogen and oxygen atoms in total. The van der Waals surface area contributed by atoms with Crippen molar-refractivity contribution >= 4 is 5.91 Å². The minimum Gasteiger partial charge on any atom is -0.361 e. The largest absolute Gasteiger partial charge is 0.361 e. The lowest BCUT2D eigenvalue weighted by molar-refractivity contribution is -0.134. The second-order valence-corrected chi connectivity index (χ2v) is 7.85. The molecule has 2 heterocycles. The van der Waals surface area contributed by atoms with Crippen LogP contribution >= 0.6 is 0 Å². The van der Waals surface area contributed by atoms with Crippen LogP contribution in [0.4, 0.5) is 0 Å². The summed E-state index contributed by atoms with van der Waals surface area (Å²) in [5.41, 5.74) is 4.44. The molecule has 0 fully saturated rings. The SMILES string of the molecule is C[C@H](C(=O)N(C)C)N1CCc2onc(C(c3ccccc3)c3ccccc3)c2C1. The minimum absolute atomic E-state index is 0.00436. The maximum absolute atomic E-state index is 12.5. The third-order valence-electron chi connectivity index (χ3n) is 5.77. The number of rotatable bonds is 5. The highest BCUT2D eigenvalue weighted by Gasteiger charge is 2.33. The summed E-state index contributed by atoms with van der Waals surface area (Å²) in [6.07, 6.45) is 0.768. The van der Waals surface area contributed by atoms with Crippen molar-refractivity contribution in [3.63, 3.8) is 0 Å². The molecular formula is C24H27N3O2. The second kappa shape index (κ2) is 8.21. The van der Waals surface area contributed by atoms with Crippen molar-refractivity contribution in [3.8, 4) is 0 Å². The fourth-order valence-electron chi connectivity index (χ4n) is 4.14. The first kappa shape index (κ1) is 19.4. The molecule has 0 bridgehead atoms. The second-order valence-electron chi connectivity index (χ2n) is 7.85. The number of aromatic nitrogens is 1. The first-order valence-corrected chi connectivity index (χ1v) is 10.1. The lowest BCUT2D eigenvalue weighted by Crippen LogP contribution is -2.46. The fraction of sp³-hybridized carbons (Fsp3) is 0.333. The van der Waals surface area contributed by atoms with Gasteiger partial charge in [0.15, 0.2) is 0 Å². The van der Waals surface area contributed by atoms with Crippen molar-refractivity contribution in [1.29, 1.82) is 0 Å². The Morgan fingerprint density at radius 2 is 1.62 bits per heavy atom. The van der Waals surface area contributed by atoms with Gasteiger partial charge in [0.2, 0.25) is 5.91 Å². The van der Waals surface area contributed by atoms with Gasteiger partial charge in [0.05, 0.1) is 12.0 Å². The number of nitrogens with zero attached hydrogens (tertiary/aromatic N) is 3. The van der Waals surface area contributed by atoms with Crippen molar-refractivity contribution in [2.75, 3.05) is 20.6 Å². The van der Waals surface area contributed by atoms with Crippen LogP contribution in [0, 0.1) is 0 Å². The van der Waals surface area contributed by atoms with Crippen LogP contribution in [0.2, 0.25) is 0 Å². The van der Waals surface area contributed by atoms with Gasteiger partial charge in [-0.15, -0.1) is 0 Å². The van der Waals surface area contributed by atoms with Crippen LogP contribution in [0.5, 0.6) is 0 Å². The zero-order valence-electron chi connectivity index (χ0n) is 17.2. The molecule has 0 saturated carbocycles. The van der Waals surface area contributed by atoms with E-state index in [4.69, 9.17) is 4.52 Å². The first-order valence-electron chi connectivity index (χ1n) is 10.1. The van der Waals surface area contributed by atoms with E-state index >= 15 is 0 Å². The van der Waals surface area contributed by atoms with E-state index in [9.17, 15) is 4.79 Å². The zero-order chi connectivity index (χ0) is 20.4. The van der Waals surface area contributed by atoms with Crippen molar-refractivity contribution in [1.82, 2.24) is 15.0 Å². The van der Waals surface area contributed by atoms with E-state index < -0.39 is 0 Å². The molecule has 0 unspecified atom stereocenters. The third kappa shape index (κ3) is 3.83. The number of benzene rings is 2. The van der Waals surface area contributed by atoms with Crippen molar-refractivity contribution in [3.05, 3.63) is 88.8 Å². The van der Waals surface area contributed by atoms with Crippen LogP contribution in [0.3, 0.4) is 0 Å². The Kier molecular flexibility index (Phi) is 5.49. The van der Waals surface area contributed by atoms with Gasteiger partial charge in [-0.2, -0.15) is 0 Å². The zero-order valence-corrected chi connectivity index (χ0v) is 17.2. The van der Waals surface area contributed by atoms with Crippen LogP contribution < -0.4 is 0 Å². The monoisotopic (exact) mass is 389 g/mol. The van der Waals surface area contributed by atoms with Crippen molar-refractivity contribution in [2.45, 2.75) is 31.8 Å². The molecule has 1 aliphatic heterocycles. The molecule has 0 radical (unpaired) electrons. The smallest absolute Gasteiger partial charge is 0.239 e. The fourth-order valence-corrected chi connectivity index (χ4v) is 4.14. The van der Waals surface area contributed by atoms with Crippen LogP contribution in [0.15, 0.2) is 65.2 Å². The Bertz CT molecular complexity index is 927. The van der Waals surface area contributed by atoms with Crippen LogP contribution in [-0.4, -0.2) is 47.5 Å². The summed E-state index contributed by atoms with van der Waals surface area (Å²) < 4.78 is 5.78. The van der Waals surface area contributed by atoms with Crippen LogP contribution in [0.25, 0.3) is 0 Å². The molecule has 0 N–H and O–H groups in total. The van der Waals surface area contributed by atoms with Crippen LogP contribution in [-0.2, 0) is 17.8 Å². The lowest BCUT2D eigenvalue weighted by Gasteiger charge is -2.32. The normalized spacial score (nSPS) is 15.2. The molecule has 150 valence electrons. The molecule has 2 aromatic carbocycles. The number of carbonyl (C=O) groups excluding carboxylic acids is 1. The van der Waals surface area contributed by atoms with E-state index in [0.29, 0.717) is 6.54 Å². The van der Waals surface area contributed by atoms with Crippen molar-refractivity contribution < 1.29 is 9.32 Å². The quantitative estimate of drug-likeness (QED) is 0.668. The molecule has 1 amide bonds. The average Bonchev–Trinajstić information content (AvgIpc) is 3.17. The highest BCUT2D eigenvalue weighted by molar-refractivity contribution is 5.81. The molecule has 0 saturated heterocycles. The summed E-state index contributed by atoms with van der Waals surface area (Å²) in [7, 11) is 3.61. The van der Waals surface area contributed by atoms with E-state index in [1.807, 2.05) is 19.1 Å².